The van der Waals surface area contributed by atoms with Crippen LogP contribution in [0.5, 0.6) is 11.5 Å². The van der Waals surface area contributed by atoms with Gasteiger partial charge in [-0.05, 0) is 19.1 Å². The third kappa shape index (κ3) is 4.51. The molecule has 0 radical (unpaired) electrons. The number of hydrogen-bond acceptors (Lipinski definition) is 7. The number of benzene rings is 1. The predicted molar refractivity (Wildman–Crippen MR) is 103 cm³/mol. The smallest absolute Gasteiger partial charge is 0.348 e. The molecule has 0 aliphatic carbocycles. The van der Waals surface area contributed by atoms with Gasteiger partial charge in [-0.2, -0.15) is 5.26 Å². The number of nitrogen functional groups attached to an aromatic ring is 1. The van der Waals surface area contributed by atoms with Crippen LogP contribution >= 0.6 is 11.3 Å². The van der Waals surface area contributed by atoms with Crippen LogP contribution in [0.3, 0.4) is 0 Å². The van der Waals surface area contributed by atoms with Gasteiger partial charge in [-0.25, -0.2) is 4.79 Å². The minimum atomic E-state index is -0.447. The highest BCUT2D eigenvalue weighted by molar-refractivity contribution is 7.18. The number of nitrogens with one attached hydrogen (secondary N) is 1. The summed E-state index contributed by atoms with van der Waals surface area (Å²) < 4.78 is 15.9. The maximum absolute atomic E-state index is 12.2. The van der Waals surface area contributed by atoms with Gasteiger partial charge >= 0.3 is 5.97 Å². The summed E-state index contributed by atoms with van der Waals surface area (Å²) in [5.41, 5.74) is 7.88. The Balaban J connectivity index is 2.30. The van der Waals surface area contributed by atoms with E-state index >= 15 is 0 Å². The van der Waals surface area contributed by atoms with Crippen LogP contribution in [0.4, 0.5) is 5.00 Å². The fourth-order valence-electron chi connectivity index (χ4n) is 2.92. The molecular formula is C19H24N3O4S+. The number of anilines is 1. The van der Waals surface area contributed by atoms with Gasteiger partial charge < -0.3 is 24.8 Å². The Morgan fingerprint density at radius 1 is 1.30 bits per heavy atom. The largest absolute Gasteiger partial charge is 0.493 e. The van der Waals surface area contributed by atoms with Gasteiger partial charge in [0, 0.05) is 0 Å². The van der Waals surface area contributed by atoms with Crippen molar-refractivity contribution in [1.82, 2.24) is 0 Å². The maximum atomic E-state index is 12.2. The Labute approximate surface area is 162 Å². The van der Waals surface area contributed by atoms with E-state index in [2.05, 4.69) is 6.07 Å². The molecule has 1 atom stereocenters. The minimum Gasteiger partial charge on any atom is -0.493 e. The van der Waals surface area contributed by atoms with Crippen LogP contribution in [0.1, 0.15) is 33.3 Å². The van der Waals surface area contributed by atoms with Gasteiger partial charge in [-0.3, -0.25) is 0 Å². The van der Waals surface area contributed by atoms with Crippen LogP contribution in [-0.4, -0.2) is 33.8 Å². The molecule has 0 amide bonds. The van der Waals surface area contributed by atoms with E-state index in [9.17, 15) is 10.1 Å². The summed E-state index contributed by atoms with van der Waals surface area (Å²) in [6, 6.07) is 7.81. The van der Waals surface area contributed by atoms with E-state index in [0.717, 1.165) is 21.8 Å². The van der Waals surface area contributed by atoms with Gasteiger partial charge in [0.25, 0.3) is 0 Å². The molecule has 0 aliphatic rings. The van der Waals surface area contributed by atoms with Crippen molar-refractivity contribution in [2.45, 2.75) is 20.0 Å². The fourth-order valence-corrected chi connectivity index (χ4v) is 3.85. The predicted octanol–water partition coefficient (Wildman–Crippen LogP) is 1.61. The van der Waals surface area contributed by atoms with Crippen molar-refractivity contribution in [3.8, 4) is 17.6 Å². The highest BCUT2D eigenvalue weighted by Crippen LogP contribution is 2.32. The fraction of sp³-hybridized carbons (Fsp3) is 0.368. The Hall–Kier alpha value is -2.76. The number of carbonyl (C=O) groups excluding carboxylic acids is 1. The lowest BCUT2D eigenvalue weighted by molar-refractivity contribution is -0.907. The number of carbonyl (C=O) groups is 1. The molecule has 1 aromatic carbocycles. The quantitative estimate of drug-likeness (QED) is 0.665. The number of nitrogens with two attached hydrogens (primary N) is 1. The molecule has 1 aromatic heterocycles. The first-order chi connectivity index (χ1) is 13.0. The number of quaternary nitrogens is 1. The average molecular weight is 390 g/mol. The molecule has 0 saturated heterocycles. The third-order valence-electron chi connectivity index (χ3n) is 4.06. The number of nitrogens with zero attached hydrogens (tertiary/aromatic N) is 1. The maximum Gasteiger partial charge on any atom is 0.348 e. The van der Waals surface area contributed by atoms with Crippen molar-refractivity contribution in [2.75, 3.05) is 33.6 Å². The van der Waals surface area contributed by atoms with Crippen molar-refractivity contribution in [3.63, 3.8) is 0 Å². The minimum absolute atomic E-state index is 0.266. The number of thiophene rings is 1. The van der Waals surface area contributed by atoms with Crippen LogP contribution in [0.15, 0.2) is 18.2 Å². The van der Waals surface area contributed by atoms with E-state index in [1.807, 2.05) is 25.2 Å². The summed E-state index contributed by atoms with van der Waals surface area (Å²) in [7, 11) is 5.17. The molecule has 144 valence electrons. The van der Waals surface area contributed by atoms with Crippen molar-refractivity contribution in [1.29, 1.82) is 5.26 Å². The average Bonchev–Trinajstić information content (AvgIpc) is 2.96. The molecule has 7 nitrogen and oxygen atoms in total. The van der Waals surface area contributed by atoms with Crippen molar-refractivity contribution in [3.05, 3.63) is 39.8 Å². The molecule has 2 rings (SSSR count). The molecule has 8 heteroatoms. The van der Waals surface area contributed by atoms with E-state index in [1.54, 1.807) is 21.1 Å². The van der Waals surface area contributed by atoms with Crippen LogP contribution in [0.25, 0.3) is 0 Å². The van der Waals surface area contributed by atoms with Crippen LogP contribution in [0.2, 0.25) is 0 Å². The van der Waals surface area contributed by atoms with Gasteiger partial charge in [0.2, 0.25) is 0 Å². The molecule has 0 saturated carbocycles. The number of para-hydroxylation sites is 1. The summed E-state index contributed by atoms with van der Waals surface area (Å²) in [5, 5.41) is 9.79. The number of methoxy groups -OCH3 is 2. The summed E-state index contributed by atoms with van der Waals surface area (Å²) in [6.07, 6.45) is 0. The topological polar surface area (TPSA) is 99.0 Å². The van der Waals surface area contributed by atoms with Crippen LogP contribution in [0, 0.1) is 11.3 Å². The van der Waals surface area contributed by atoms with Gasteiger partial charge in [0.1, 0.15) is 29.0 Å². The molecule has 2 aromatic rings. The molecule has 27 heavy (non-hydrogen) atoms. The normalized spacial score (nSPS) is 11.5. The Kier molecular flexibility index (Phi) is 7.05. The summed E-state index contributed by atoms with van der Waals surface area (Å²) in [5.74, 6) is 0.889. The van der Waals surface area contributed by atoms with Crippen molar-refractivity contribution < 1.29 is 23.9 Å². The molecule has 0 spiro atoms. The second-order valence-electron chi connectivity index (χ2n) is 5.94. The highest BCUT2D eigenvalue weighted by Gasteiger charge is 2.25. The molecule has 1 unspecified atom stereocenters. The van der Waals surface area contributed by atoms with Crippen LogP contribution in [-0.2, 0) is 17.8 Å². The Bertz CT molecular complexity index is 857. The highest BCUT2D eigenvalue weighted by atomic mass is 32.1. The zero-order valence-electron chi connectivity index (χ0n) is 15.9. The SMILES string of the molecule is CCOC(=O)c1sc(N)c(C#N)c1C[NH+](C)Cc1cccc(OC)c1OC. The first-order valence-corrected chi connectivity index (χ1v) is 9.27. The monoisotopic (exact) mass is 390 g/mol. The molecule has 0 bridgehead atoms. The summed E-state index contributed by atoms with van der Waals surface area (Å²) in [4.78, 5) is 13.7. The van der Waals surface area contributed by atoms with E-state index in [1.165, 1.54) is 0 Å². The second kappa shape index (κ2) is 9.26. The molecule has 0 fully saturated rings. The number of ether oxygens (including phenoxy) is 3. The lowest BCUT2D eigenvalue weighted by Gasteiger charge is -2.17. The van der Waals surface area contributed by atoms with Gasteiger partial charge in [0.05, 0.1) is 44.6 Å². The van der Waals surface area contributed by atoms with Crippen LogP contribution < -0.4 is 20.1 Å². The molecular weight excluding hydrogens is 366 g/mol. The third-order valence-corrected chi connectivity index (χ3v) is 5.10. The van der Waals surface area contributed by atoms with Gasteiger partial charge in [0.15, 0.2) is 11.5 Å². The lowest BCUT2D eigenvalue weighted by atomic mass is 10.1. The number of esters is 1. The molecule has 3 N–H and O–H groups in total. The van der Waals surface area contributed by atoms with E-state index in [0.29, 0.717) is 45.6 Å². The first-order valence-electron chi connectivity index (χ1n) is 8.46. The second-order valence-corrected chi connectivity index (χ2v) is 7.00. The van der Waals surface area contributed by atoms with E-state index in [-0.39, 0.29) is 6.61 Å². The number of hydrogen-bond donors (Lipinski definition) is 2. The van der Waals surface area contributed by atoms with E-state index in [4.69, 9.17) is 19.9 Å². The Morgan fingerprint density at radius 2 is 2.04 bits per heavy atom. The molecule has 0 aliphatic heterocycles. The van der Waals surface area contributed by atoms with Crippen molar-refractivity contribution in [2.24, 2.45) is 0 Å². The molecule has 1 heterocycles. The standard InChI is InChI=1S/C19H23N3O4S/c1-5-26-19(23)17-14(13(9-20)18(21)27-17)11-22(2)10-12-7-6-8-15(24-3)16(12)25-4/h6-8H,5,10-11,21H2,1-4H3/p+1. The zero-order valence-corrected chi connectivity index (χ0v) is 16.7. The van der Waals surface area contributed by atoms with Crippen molar-refractivity contribution >= 4 is 22.3 Å². The summed E-state index contributed by atoms with van der Waals surface area (Å²) >= 11 is 1.10. The van der Waals surface area contributed by atoms with E-state index < -0.39 is 5.97 Å². The number of rotatable bonds is 8. The summed E-state index contributed by atoms with van der Waals surface area (Å²) in [6.45, 7) is 3.07. The lowest BCUT2D eigenvalue weighted by Crippen LogP contribution is -3.06. The number of nitriles is 1. The first kappa shape index (κ1) is 20.6. The Morgan fingerprint density at radius 3 is 2.63 bits per heavy atom. The van der Waals surface area contributed by atoms with Gasteiger partial charge in [-0.1, -0.05) is 6.07 Å². The van der Waals surface area contributed by atoms with Gasteiger partial charge in [-0.15, -0.1) is 11.3 Å². The zero-order chi connectivity index (χ0) is 20.0.